The van der Waals surface area contributed by atoms with Crippen LogP contribution in [0.4, 0.5) is 0 Å². The van der Waals surface area contributed by atoms with Crippen molar-refractivity contribution in [3.05, 3.63) is 0 Å². The molecule has 0 aliphatic carbocycles. The SMILES string of the molecule is CN(CCC#N)C(=O)CN1C(=O)COCC1=O. The van der Waals surface area contributed by atoms with Gasteiger partial charge in [0.05, 0.1) is 12.5 Å². The largest absolute Gasteiger partial charge is 0.362 e. The minimum atomic E-state index is -0.511. The van der Waals surface area contributed by atoms with Crippen molar-refractivity contribution < 1.29 is 19.1 Å². The molecule has 1 rings (SSSR count). The average Bonchev–Trinajstić information content (AvgIpc) is 2.30. The Labute approximate surface area is 98.5 Å². The van der Waals surface area contributed by atoms with Crippen LogP contribution in [-0.4, -0.2) is 60.9 Å². The molecule has 7 nitrogen and oxygen atoms in total. The molecule has 0 radical (unpaired) electrons. The molecule has 3 amide bonds. The highest BCUT2D eigenvalue weighted by Gasteiger charge is 2.29. The van der Waals surface area contributed by atoms with Gasteiger partial charge in [0.15, 0.2) is 0 Å². The Morgan fingerprint density at radius 1 is 1.47 bits per heavy atom. The van der Waals surface area contributed by atoms with Crippen LogP contribution in [0, 0.1) is 11.3 Å². The lowest BCUT2D eigenvalue weighted by Crippen LogP contribution is -2.50. The van der Waals surface area contributed by atoms with Crippen molar-refractivity contribution in [3.63, 3.8) is 0 Å². The molecule has 1 fully saturated rings. The Morgan fingerprint density at radius 3 is 2.59 bits per heavy atom. The molecular formula is C10H13N3O4. The van der Waals surface area contributed by atoms with E-state index in [2.05, 4.69) is 0 Å². The molecule has 17 heavy (non-hydrogen) atoms. The van der Waals surface area contributed by atoms with Gasteiger partial charge in [-0.15, -0.1) is 0 Å². The fraction of sp³-hybridized carbons (Fsp3) is 0.600. The third-order valence-corrected chi connectivity index (χ3v) is 2.33. The molecule has 0 aromatic heterocycles. The standard InChI is InChI=1S/C10H13N3O4/c1-12(4-2-3-11)8(14)5-13-9(15)6-17-7-10(13)16/h2,4-7H2,1H3. The molecule has 0 aromatic rings. The van der Waals surface area contributed by atoms with Gasteiger partial charge in [-0.3, -0.25) is 19.3 Å². The van der Waals surface area contributed by atoms with E-state index in [-0.39, 0.29) is 38.6 Å². The van der Waals surface area contributed by atoms with Crippen LogP contribution in [0.1, 0.15) is 6.42 Å². The number of nitriles is 1. The number of rotatable bonds is 4. The average molecular weight is 239 g/mol. The van der Waals surface area contributed by atoms with E-state index in [1.807, 2.05) is 6.07 Å². The zero-order valence-corrected chi connectivity index (χ0v) is 9.51. The van der Waals surface area contributed by atoms with E-state index >= 15 is 0 Å². The van der Waals surface area contributed by atoms with Gasteiger partial charge < -0.3 is 9.64 Å². The van der Waals surface area contributed by atoms with Crippen LogP contribution in [-0.2, 0) is 19.1 Å². The van der Waals surface area contributed by atoms with E-state index in [9.17, 15) is 14.4 Å². The van der Waals surface area contributed by atoms with Crippen LogP contribution in [0.3, 0.4) is 0 Å². The molecule has 1 aliphatic heterocycles. The van der Waals surface area contributed by atoms with Crippen LogP contribution >= 0.6 is 0 Å². The first kappa shape index (κ1) is 13.1. The first-order valence-corrected chi connectivity index (χ1v) is 5.08. The predicted octanol–water partition coefficient (Wildman–Crippen LogP) is -1.26. The maximum atomic E-state index is 11.6. The van der Waals surface area contributed by atoms with Gasteiger partial charge in [0.25, 0.3) is 11.8 Å². The Kier molecular flexibility index (Phi) is 4.60. The molecule has 0 bridgehead atoms. The predicted molar refractivity (Wildman–Crippen MR) is 55.4 cm³/mol. The van der Waals surface area contributed by atoms with Gasteiger partial charge in [-0.1, -0.05) is 0 Å². The fourth-order valence-corrected chi connectivity index (χ4v) is 1.30. The number of hydrogen-bond acceptors (Lipinski definition) is 5. The molecule has 0 spiro atoms. The third-order valence-electron chi connectivity index (χ3n) is 2.33. The molecule has 92 valence electrons. The number of hydrogen-bond donors (Lipinski definition) is 0. The highest BCUT2D eigenvalue weighted by Crippen LogP contribution is 2.02. The van der Waals surface area contributed by atoms with Crippen LogP contribution in [0.25, 0.3) is 0 Å². The first-order chi connectivity index (χ1) is 8.06. The van der Waals surface area contributed by atoms with Gasteiger partial charge in [0.1, 0.15) is 19.8 Å². The van der Waals surface area contributed by atoms with E-state index in [0.717, 1.165) is 4.90 Å². The lowest BCUT2D eigenvalue weighted by Gasteiger charge is -2.26. The molecule has 0 unspecified atom stereocenters. The Bertz CT molecular complexity index is 358. The summed E-state index contributed by atoms with van der Waals surface area (Å²) in [7, 11) is 1.52. The summed E-state index contributed by atoms with van der Waals surface area (Å²) < 4.78 is 4.72. The summed E-state index contributed by atoms with van der Waals surface area (Å²) in [5.41, 5.74) is 0. The van der Waals surface area contributed by atoms with Gasteiger partial charge in [-0.2, -0.15) is 5.26 Å². The van der Waals surface area contributed by atoms with Gasteiger partial charge in [-0.25, -0.2) is 0 Å². The summed E-state index contributed by atoms with van der Waals surface area (Å²) in [4.78, 5) is 36.5. The lowest BCUT2D eigenvalue weighted by atomic mass is 10.3. The molecule has 0 aromatic carbocycles. The van der Waals surface area contributed by atoms with Gasteiger partial charge in [0.2, 0.25) is 5.91 Å². The second kappa shape index (κ2) is 5.96. The van der Waals surface area contributed by atoms with Crippen molar-refractivity contribution >= 4 is 17.7 Å². The Morgan fingerprint density at radius 2 is 2.06 bits per heavy atom. The fourth-order valence-electron chi connectivity index (χ4n) is 1.30. The highest BCUT2D eigenvalue weighted by molar-refractivity contribution is 6.01. The maximum Gasteiger partial charge on any atom is 0.255 e. The van der Waals surface area contributed by atoms with Crippen molar-refractivity contribution in [1.29, 1.82) is 5.26 Å². The summed E-state index contributed by atoms with van der Waals surface area (Å²) in [6.07, 6.45) is 0.216. The van der Waals surface area contributed by atoms with Crippen LogP contribution in [0.15, 0.2) is 0 Å². The summed E-state index contributed by atoms with van der Waals surface area (Å²) in [5, 5.41) is 8.38. The minimum absolute atomic E-state index is 0.180. The van der Waals surface area contributed by atoms with E-state index in [1.54, 1.807) is 0 Å². The zero-order chi connectivity index (χ0) is 12.8. The number of ether oxygens (including phenoxy) is 1. The molecular weight excluding hydrogens is 226 g/mol. The zero-order valence-electron chi connectivity index (χ0n) is 9.51. The van der Waals surface area contributed by atoms with Crippen molar-refractivity contribution in [2.45, 2.75) is 6.42 Å². The normalized spacial score (nSPS) is 15.6. The number of carbonyl (C=O) groups excluding carboxylic acids is 3. The number of imide groups is 1. The van der Waals surface area contributed by atoms with Crippen LogP contribution < -0.4 is 0 Å². The van der Waals surface area contributed by atoms with E-state index in [1.165, 1.54) is 11.9 Å². The Balaban J connectivity index is 2.52. The van der Waals surface area contributed by atoms with Crippen molar-refractivity contribution in [2.75, 3.05) is 33.4 Å². The molecule has 1 heterocycles. The molecule has 0 N–H and O–H groups in total. The molecule has 7 heteroatoms. The second-order valence-corrected chi connectivity index (χ2v) is 3.59. The van der Waals surface area contributed by atoms with E-state index in [4.69, 9.17) is 10.00 Å². The molecule has 0 saturated carbocycles. The molecule has 1 saturated heterocycles. The highest BCUT2D eigenvalue weighted by atomic mass is 16.5. The third kappa shape index (κ3) is 3.53. The van der Waals surface area contributed by atoms with E-state index in [0.29, 0.717) is 0 Å². The van der Waals surface area contributed by atoms with Gasteiger partial charge in [0, 0.05) is 13.6 Å². The van der Waals surface area contributed by atoms with Crippen LogP contribution in [0.2, 0.25) is 0 Å². The number of likely N-dealkylation sites (N-methyl/N-ethyl adjacent to an activating group) is 1. The van der Waals surface area contributed by atoms with E-state index < -0.39 is 11.8 Å². The maximum absolute atomic E-state index is 11.6. The van der Waals surface area contributed by atoms with Crippen molar-refractivity contribution in [2.24, 2.45) is 0 Å². The lowest BCUT2D eigenvalue weighted by molar-refractivity contribution is -0.161. The summed E-state index contributed by atoms with van der Waals surface area (Å²) in [6, 6.07) is 1.91. The topological polar surface area (TPSA) is 90.7 Å². The number of carbonyl (C=O) groups is 3. The summed E-state index contributed by atoms with van der Waals surface area (Å²) in [5.74, 6) is -1.39. The summed E-state index contributed by atoms with van der Waals surface area (Å²) >= 11 is 0. The minimum Gasteiger partial charge on any atom is -0.362 e. The van der Waals surface area contributed by atoms with Gasteiger partial charge >= 0.3 is 0 Å². The monoisotopic (exact) mass is 239 g/mol. The molecule has 1 aliphatic rings. The first-order valence-electron chi connectivity index (χ1n) is 5.08. The van der Waals surface area contributed by atoms with Gasteiger partial charge in [-0.05, 0) is 0 Å². The molecule has 0 atom stereocenters. The number of amides is 3. The number of morpholine rings is 1. The summed E-state index contributed by atoms with van der Waals surface area (Å²) in [6.45, 7) is -0.368. The number of nitrogens with zero attached hydrogens (tertiary/aromatic N) is 3. The van der Waals surface area contributed by atoms with Crippen LogP contribution in [0.5, 0.6) is 0 Å². The quantitative estimate of drug-likeness (QED) is 0.571. The van der Waals surface area contributed by atoms with Crippen molar-refractivity contribution in [1.82, 2.24) is 9.80 Å². The Hall–Kier alpha value is -1.94. The second-order valence-electron chi connectivity index (χ2n) is 3.59. The van der Waals surface area contributed by atoms with Crippen molar-refractivity contribution in [3.8, 4) is 6.07 Å². The smallest absolute Gasteiger partial charge is 0.255 e.